The van der Waals surface area contributed by atoms with E-state index in [1.807, 2.05) is 0 Å². The highest BCUT2D eigenvalue weighted by molar-refractivity contribution is 5.72. The largest absolute Gasteiger partial charge is 0.469 e. The van der Waals surface area contributed by atoms with Crippen molar-refractivity contribution in [2.75, 3.05) is 7.11 Å². The quantitative estimate of drug-likeness (QED) is 0.768. The molecule has 0 radical (unpaired) electrons. The van der Waals surface area contributed by atoms with Crippen LogP contribution < -0.4 is 0 Å². The molecule has 0 amide bonds. The van der Waals surface area contributed by atoms with E-state index in [2.05, 4.69) is 9.72 Å². The molecule has 0 bridgehead atoms. The molecule has 1 aromatic heterocycles. The minimum atomic E-state index is -4.42. The molecule has 1 aromatic rings. The number of hydrogen-bond donors (Lipinski definition) is 0. The van der Waals surface area contributed by atoms with E-state index >= 15 is 0 Å². The number of methoxy groups -OCH3 is 1. The molecule has 0 spiro atoms. The number of ether oxygens (including phenoxy) is 1. The highest BCUT2D eigenvalue weighted by Gasteiger charge is 2.30. The van der Waals surface area contributed by atoms with Gasteiger partial charge in [-0.3, -0.25) is 9.78 Å². The summed E-state index contributed by atoms with van der Waals surface area (Å²) < 4.78 is 41.4. The number of esters is 1. The highest BCUT2D eigenvalue weighted by Crippen LogP contribution is 2.29. The summed E-state index contributed by atoms with van der Waals surface area (Å²) in [6, 6.07) is 0.959. The van der Waals surface area contributed by atoms with E-state index in [4.69, 9.17) is 0 Å². The van der Waals surface area contributed by atoms with E-state index in [1.54, 1.807) is 0 Å². The predicted octanol–water partition coefficient (Wildman–Crippen LogP) is 2.68. The van der Waals surface area contributed by atoms with Gasteiger partial charge in [-0.15, -0.1) is 0 Å². The van der Waals surface area contributed by atoms with Crippen LogP contribution >= 0.6 is 0 Å². The number of carbonyl (C=O) groups excluding carboxylic acids is 1. The monoisotopic (exact) mass is 245 g/mol. The van der Waals surface area contributed by atoms with Crippen LogP contribution in [0.15, 0.2) is 24.5 Å². The van der Waals surface area contributed by atoms with Gasteiger partial charge in [-0.1, -0.05) is 12.2 Å². The first kappa shape index (κ1) is 13.2. The van der Waals surface area contributed by atoms with Crippen molar-refractivity contribution >= 4 is 12.0 Å². The van der Waals surface area contributed by atoms with Crippen LogP contribution in [0.1, 0.15) is 17.5 Å². The number of halogens is 3. The number of alkyl halides is 3. The van der Waals surface area contributed by atoms with Crippen LogP contribution in [0.4, 0.5) is 13.2 Å². The molecule has 0 atom stereocenters. The summed E-state index contributed by atoms with van der Waals surface area (Å²) in [5.41, 5.74) is -0.540. The zero-order chi connectivity index (χ0) is 12.9. The Balaban J connectivity index is 2.76. The Labute approximate surface area is 95.9 Å². The molecule has 0 saturated heterocycles. The maximum absolute atomic E-state index is 12.3. The number of carbonyl (C=O) groups is 1. The first-order valence-electron chi connectivity index (χ1n) is 4.69. The van der Waals surface area contributed by atoms with E-state index in [1.165, 1.54) is 25.5 Å². The van der Waals surface area contributed by atoms with E-state index < -0.39 is 17.7 Å². The molecule has 1 heterocycles. The van der Waals surface area contributed by atoms with Gasteiger partial charge in [-0.2, -0.15) is 13.2 Å². The van der Waals surface area contributed by atoms with Crippen LogP contribution in [-0.2, 0) is 15.7 Å². The lowest BCUT2D eigenvalue weighted by Gasteiger charge is -2.05. The fourth-order valence-corrected chi connectivity index (χ4v) is 1.08. The third kappa shape index (κ3) is 4.26. The molecule has 0 aromatic carbocycles. The van der Waals surface area contributed by atoms with Gasteiger partial charge in [0.25, 0.3) is 0 Å². The Morgan fingerprint density at radius 2 is 2.18 bits per heavy atom. The van der Waals surface area contributed by atoms with Crippen molar-refractivity contribution in [3.8, 4) is 0 Å². The summed E-state index contributed by atoms with van der Waals surface area (Å²) in [6.45, 7) is 0. The van der Waals surface area contributed by atoms with Crippen LogP contribution in [0.5, 0.6) is 0 Å². The number of aromatic nitrogens is 1. The molecule has 0 N–H and O–H groups in total. The molecule has 0 unspecified atom stereocenters. The number of nitrogens with zero attached hydrogens (tertiary/aromatic N) is 1. The Morgan fingerprint density at radius 1 is 1.47 bits per heavy atom. The lowest BCUT2D eigenvalue weighted by Crippen LogP contribution is -2.05. The normalized spacial score (nSPS) is 11.8. The van der Waals surface area contributed by atoms with Crippen molar-refractivity contribution in [2.24, 2.45) is 0 Å². The molecule has 0 aliphatic heterocycles. The molecule has 0 fully saturated rings. The standard InChI is InChI=1S/C11H10F3NO2/c1-17-10(16)4-2-3-8-5-9(7-15-6-8)11(12,13)14/h2-3,5-7H,4H2,1H3. The van der Waals surface area contributed by atoms with Gasteiger partial charge >= 0.3 is 12.1 Å². The van der Waals surface area contributed by atoms with Crippen molar-refractivity contribution in [3.05, 3.63) is 35.7 Å². The fourth-order valence-electron chi connectivity index (χ4n) is 1.08. The number of hydrogen-bond acceptors (Lipinski definition) is 3. The van der Waals surface area contributed by atoms with Crippen LogP contribution in [0.3, 0.4) is 0 Å². The summed E-state index contributed by atoms with van der Waals surface area (Å²) >= 11 is 0. The topological polar surface area (TPSA) is 39.2 Å². The van der Waals surface area contributed by atoms with Gasteiger partial charge in [0.05, 0.1) is 19.1 Å². The second kappa shape index (κ2) is 5.47. The van der Waals surface area contributed by atoms with Crippen LogP contribution in [0.25, 0.3) is 6.08 Å². The van der Waals surface area contributed by atoms with E-state index in [-0.39, 0.29) is 12.0 Å². The van der Waals surface area contributed by atoms with E-state index in [0.717, 1.165) is 12.3 Å². The average Bonchev–Trinajstić information content (AvgIpc) is 2.28. The lowest BCUT2D eigenvalue weighted by atomic mass is 10.2. The van der Waals surface area contributed by atoms with E-state index in [9.17, 15) is 18.0 Å². The van der Waals surface area contributed by atoms with Crippen LogP contribution in [0.2, 0.25) is 0 Å². The molecule has 17 heavy (non-hydrogen) atoms. The van der Waals surface area contributed by atoms with Gasteiger partial charge < -0.3 is 4.74 Å². The van der Waals surface area contributed by atoms with Gasteiger partial charge in [0, 0.05) is 12.4 Å². The highest BCUT2D eigenvalue weighted by atomic mass is 19.4. The minimum Gasteiger partial charge on any atom is -0.469 e. The summed E-state index contributed by atoms with van der Waals surface area (Å²) in [5.74, 6) is -0.457. The molecule has 0 saturated carbocycles. The lowest BCUT2D eigenvalue weighted by molar-refractivity contribution is -0.139. The molecule has 0 aliphatic rings. The Morgan fingerprint density at radius 3 is 2.76 bits per heavy atom. The summed E-state index contributed by atoms with van der Waals surface area (Å²) in [4.78, 5) is 14.2. The SMILES string of the molecule is COC(=O)CC=Cc1cncc(C(F)(F)F)c1. The summed E-state index contributed by atoms with van der Waals surface area (Å²) in [5, 5.41) is 0. The first-order valence-corrected chi connectivity index (χ1v) is 4.69. The molecule has 1 rings (SSSR count). The molecule has 3 nitrogen and oxygen atoms in total. The number of rotatable bonds is 3. The molecule has 92 valence electrons. The second-order valence-electron chi connectivity index (χ2n) is 3.19. The first-order chi connectivity index (χ1) is 7.93. The predicted molar refractivity (Wildman–Crippen MR) is 54.9 cm³/mol. The van der Waals surface area contributed by atoms with Crippen molar-refractivity contribution in [2.45, 2.75) is 12.6 Å². The van der Waals surface area contributed by atoms with Crippen LogP contribution in [-0.4, -0.2) is 18.1 Å². The van der Waals surface area contributed by atoms with Gasteiger partial charge in [0.1, 0.15) is 0 Å². The third-order valence-electron chi connectivity index (χ3n) is 1.91. The second-order valence-corrected chi connectivity index (χ2v) is 3.19. The Kier molecular flexibility index (Phi) is 4.25. The Bertz CT molecular complexity index is 427. The maximum atomic E-state index is 12.3. The Hall–Kier alpha value is -1.85. The van der Waals surface area contributed by atoms with E-state index in [0.29, 0.717) is 0 Å². The van der Waals surface area contributed by atoms with Crippen molar-refractivity contribution in [1.82, 2.24) is 4.98 Å². The zero-order valence-electron chi connectivity index (χ0n) is 8.99. The molecule has 6 heteroatoms. The molecule has 0 aliphatic carbocycles. The van der Waals surface area contributed by atoms with Gasteiger partial charge in [0.15, 0.2) is 0 Å². The van der Waals surface area contributed by atoms with Crippen molar-refractivity contribution in [1.29, 1.82) is 0 Å². The van der Waals surface area contributed by atoms with Crippen molar-refractivity contribution < 1.29 is 22.7 Å². The maximum Gasteiger partial charge on any atom is 0.417 e. The number of pyridine rings is 1. The van der Waals surface area contributed by atoms with Gasteiger partial charge in [-0.25, -0.2) is 0 Å². The zero-order valence-corrected chi connectivity index (χ0v) is 8.99. The molecular weight excluding hydrogens is 235 g/mol. The fraction of sp³-hybridized carbons (Fsp3) is 0.273. The van der Waals surface area contributed by atoms with Gasteiger partial charge in [-0.05, 0) is 11.6 Å². The smallest absolute Gasteiger partial charge is 0.417 e. The summed E-state index contributed by atoms with van der Waals surface area (Å²) in [6.07, 6.45) is 0.425. The minimum absolute atomic E-state index is 0.00669. The average molecular weight is 245 g/mol. The van der Waals surface area contributed by atoms with Crippen LogP contribution in [0, 0.1) is 0 Å². The molecular formula is C11H10F3NO2. The van der Waals surface area contributed by atoms with Crippen molar-refractivity contribution in [3.63, 3.8) is 0 Å². The summed E-state index contributed by atoms with van der Waals surface area (Å²) in [7, 11) is 1.24. The third-order valence-corrected chi connectivity index (χ3v) is 1.91. The van der Waals surface area contributed by atoms with Gasteiger partial charge in [0.2, 0.25) is 0 Å².